The van der Waals surface area contributed by atoms with Crippen molar-refractivity contribution in [2.75, 3.05) is 12.4 Å². The summed E-state index contributed by atoms with van der Waals surface area (Å²) in [4.78, 5) is 7.47. The molecule has 2 aromatic heterocycles. The summed E-state index contributed by atoms with van der Waals surface area (Å²) in [6.45, 7) is 3.78. The molecular formula is C16H16ClN5O2. The van der Waals surface area contributed by atoms with Crippen LogP contribution >= 0.6 is 11.6 Å². The molecule has 0 saturated heterocycles. The van der Waals surface area contributed by atoms with E-state index in [1.54, 1.807) is 7.11 Å². The van der Waals surface area contributed by atoms with Crippen LogP contribution in [0, 0.1) is 13.8 Å². The van der Waals surface area contributed by atoms with Gasteiger partial charge in [0.15, 0.2) is 6.29 Å². The first-order valence-electron chi connectivity index (χ1n) is 7.42. The Balaban J connectivity index is 2.01. The molecule has 124 valence electrons. The van der Waals surface area contributed by atoms with Gasteiger partial charge in [-0.15, -0.1) is 0 Å². The Morgan fingerprint density at radius 2 is 2.08 bits per heavy atom. The summed E-state index contributed by atoms with van der Waals surface area (Å²) in [7, 11) is 1.63. The largest absolute Gasteiger partial charge is 0.496 e. The van der Waals surface area contributed by atoms with Crippen LogP contribution < -0.4 is 15.8 Å². The van der Waals surface area contributed by atoms with E-state index in [9.17, 15) is 0 Å². The maximum atomic E-state index is 6.29. The van der Waals surface area contributed by atoms with Crippen LogP contribution in [0.4, 0.5) is 5.82 Å². The van der Waals surface area contributed by atoms with Crippen LogP contribution in [-0.4, -0.2) is 28.7 Å². The van der Waals surface area contributed by atoms with E-state index < -0.39 is 6.29 Å². The zero-order valence-corrected chi connectivity index (χ0v) is 14.2. The molecule has 0 saturated carbocycles. The van der Waals surface area contributed by atoms with Gasteiger partial charge in [-0.1, -0.05) is 16.8 Å². The van der Waals surface area contributed by atoms with Gasteiger partial charge >= 0.3 is 0 Å². The summed E-state index contributed by atoms with van der Waals surface area (Å²) >= 11 is 6.29. The predicted molar refractivity (Wildman–Crippen MR) is 93.8 cm³/mol. The molecule has 0 aliphatic carbocycles. The molecule has 4 rings (SSSR count). The Hall–Kier alpha value is -2.51. The van der Waals surface area contributed by atoms with Crippen LogP contribution in [0.5, 0.6) is 5.75 Å². The van der Waals surface area contributed by atoms with E-state index in [0.29, 0.717) is 10.9 Å². The van der Waals surface area contributed by atoms with Crippen molar-refractivity contribution in [2.24, 2.45) is 10.7 Å². The molecule has 8 heteroatoms. The molecular weight excluding hydrogens is 330 g/mol. The fraction of sp³-hybridized carbons (Fsp3) is 0.250. The van der Waals surface area contributed by atoms with Gasteiger partial charge in [-0.3, -0.25) is 5.73 Å². The van der Waals surface area contributed by atoms with E-state index in [2.05, 4.69) is 20.4 Å². The lowest BCUT2D eigenvalue weighted by Gasteiger charge is -2.16. The highest BCUT2D eigenvalue weighted by Gasteiger charge is 2.24. The first kappa shape index (κ1) is 15.0. The minimum Gasteiger partial charge on any atom is -0.496 e. The summed E-state index contributed by atoms with van der Waals surface area (Å²) in [5, 5.41) is 8.38. The summed E-state index contributed by atoms with van der Waals surface area (Å²) in [6, 6.07) is 3.93. The Kier molecular flexibility index (Phi) is 3.29. The number of ether oxygens (including phenoxy) is 1. The molecule has 1 aliphatic rings. The molecule has 24 heavy (non-hydrogen) atoms. The lowest BCUT2D eigenvalue weighted by atomic mass is 10.0. The number of anilines is 1. The molecule has 1 unspecified atom stereocenters. The first-order chi connectivity index (χ1) is 11.5. The van der Waals surface area contributed by atoms with Gasteiger partial charge in [-0.25, -0.2) is 4.99 Å². The highest BCUT2D eigenvalue weighted by atomic mass is 35.5. The fourth-order valence-corrected chi connectivity index (χ4v) is 3.44. The maximum Gasteiger partial charge on any atom is 0.174 e. The summed E-state index contributed by atoms with van der Waals surface area (Å²) in [5.41, 5.74) is 10.1. The van der Waals surface area contributed by atoms with Gasteiger partial charge in [0.25, 0.3) is 0 Å². The van der Waals surface area contributed by atoms with Crippen molar-refractivity contribution in [3.63, 3.8) is 0 Å². The average molecular weight is 346 g/mol. The highest BCUT2D eigenvalue weighted by molar-refractivity contribution is 6.71. The normalized spacial score (nSPS) is 16.7. The van der Waals surface area contributed by atoms with Crippen LogP contribution in [0.2, 0.25) is 0 Å². The van der Waals surface area contributed by atoms with E-state index in [1.807, 2.05) is 26.0 Å². The molecule has 3 heterocycles. The quantitative estimate of drug-likeness (QED) is 0.662. The van der Waals surface area contributed by atoms with Gasteiger partial charge in [-0.05, 0) is 26.0 Å². The van der Waals surface area contributed by atoms with Gasteiger partial charge < -0.3 is 19.6 Å². The van der Waals surface area contributed by atoms with Crippen LogP contribution in [0.1, 0.15) is 17.0 Å². The number of aromatic nitrogens is 2. The standard InChI is InChI=1S/C16H16ClN5O2/c1-6-12(7(2)24-22-6)9-4-10-8(5-11(9)23-3)13-14(17)20-16(18)21-15(13)19-10/h4-5,16,19,21H,18H2,1-3H3. The third-order valence-electron chi connectivity index (χ3n) is 4.17. The summed E-state index contributed by atoms with van der Waals surface area (Å²) in [6.07, 6.45) is -0.568. The molecule has 3 aromatic rings. The number of hydrogen-bond donors (Lipinski definition) is 3. The van der Waals surface area contributed by atoms with E-state index in [-0.39, 0.29) is 0 Å². The molecule has 0 amide bonds. The van der Waals surface area contributed by atoms with Crippen LogP contribution in [0.25, 0.3) is 22.0 Å². The van der Waals surface area contributed by atoms with Crippen molar-refractivity contribution in [3.8, 4) is 16.9 Å². The molecule has 7 nitrogen and oxygen atoms in total. The molecule has 1 aliphatic heterocycles. The number of hydrogen-bond acceptors (Lipinski definition) is 6. The van der Waals surface area contributed by atoms with Crippen LogP contribution in [-0.2, 0) is 0 Å². The molecule has 1 aromatic carbocycles. The van der Waals surface area contributed by atoms with E-state index >= 15 is 0 Å². The second-order valence-corrected chi connectivity index (χ2v) is 6.04. The van der Waals surface area contributed by atoms with Crippen molar-refractivity contribution in [2.45, 2.75) is 20.1 Å². The van der Waals surface area contributed by atoms with Crippen LogP contribution in [0.15, 0.2) is 21.6 Å². The number of aromatic amines is 1. The van der Waals surface area contributed by atoms with Gasteiger partial charge in [0, 0.05) is 16.5 Å². The Labute approximate surface area is 142 Å². The zero-order chi connectivity index (χ0) is 17.0. The third-order valence-corrected chi connectivity index (χ3v) is 4.46. The molecule has 0 spiro atoms. The van der Waals surface area contributed by atoms with E-state index in [1.165, 1.54) is 0 Å². The number of nitrogens with one attached hydrogen (secondary N) is 2. The molecule has 0 radical (unpaired) electrons. The van der Waals surface area contributed by atoms with Crippen molar-refractivity contribution >= 4 is 33.5 Å². The number of nitrogens with two attached hydrogens (primary N) is 1. The van der Waals surface area contributed by atoms with Gasteiger partial charge in [0.2, 0.25) is 0 Å². The topological polar surface area (TPSA) is 101 Å². The van der Waals surface area contributed by atoms with Gasteiger partial charge in [0.1, 0.15) is 22.5 Å². The van der Waals surface area contributed by atoms with E-state index in [4.69, 9.17) is 26.6 Å². The number of rotatable bonds is 2. The van der Waals surface area contributed by atoms with Gasteiger partial charge in [0.05, 0.1) is 23.9 Å². The Bertz CT molecular complexity index is 969. The smallest absolute Gasteiger partial charge is 0.174 e. The number of nitrogens with zero attached hydrogens (tertiary/aromatic N) is 2. The lowest BCUT2D eigenvalue weighted by Crippen LogP contribution is -2.31. The maximum absolute atomic E-state index is 6.29. The van der Waals surface area contributed by atoms with Gasteiger partial charge in [-0.2, -0.15) is 0 Å². The number of benzene rings is 1. The minimum absolute atomic E-state index is 0.370. The number of halogens is 1. The van der Waals surface area contributed by atoms with Crippen molar-refractivity contribution < 1.29 is 9.26 Å². The van der Waals surface area contributed by atoms with Crippen LogP contribution in [0.3, 0.4) is 0 Å². The number of aryl methyl sites for hydroxylation is 2. The number of fused-ring (bicyclic) bond motifs is 3. The van der Waals surface area contributed by atoms with Crippen molar-refractivity contribution in [1.82, 2.24) is 10.1 Å². The Morgan fingerprint density at radius 3 is 2.75 bits per heavy atom. The highest BCUT2D eigenvalue weighted by Crippen LogP contribution is 2.40. The number of methoxy groups -OCH3 is 1. The number of aliphatic imine (C=N–C) groups is 1. The molecule has 1 atom stereocenters. The Morgan fingerprint density at radius 1 is 1.29 bits per heavy atom. The monoisotopic (exact) mass is 345 g/mol. The zero-order valence-electron chi connectivity index (χ0n) is 13.4. The molecule has 0 bridgehead atoms. The van der Waals surface area contributed by atoms with Crippen molar-refractivity contribution in [1.29, 1.82) is 0 Å². The second kappa shape index (κ2) is 5.25. The summed E-state index contributed by atoms with van der Waals surface area (Å²) in [5.74, 6) is 2.19. The predicted octanol–water partition coefficient (Wildman–Crippen LogP) is 3.10. The fourth-order valence-electron chi connectivity index (χ4n) is 3.14. The molecule has 4 N–H and O–H groups in total. The van der Waals surface area contributed by atoms with Crippen molar-refractivity contribution in [3.05, 3.63) is 29.2 Å². The summed E-state index contributed by atoms with van der Waals surface area (Å²) < 4.78 is 10.9. The average Bonchev–Trinajstić information content (AvgIpc) is 3.05. The third kappa shape index (κ3) is 2.09. The SMILES string of the molecule is COc1cc2c3c([nH]c2cc1-c1c(C)noc1C)NC(N)N=C3Cl. The number of H-pyrrole nitrogens is 1. The first-order valence-corrected chi connectivity index (χ1v) is 7.80. The lowest BCUT2D eigenvalue weighted by molar-refractivity contribution is 0.393. The second-order valence-electron chi connectivity index (χ2n) is 5.68. The minimum atomic E-state index is -0.568. The molecule has 0 fully saturated rings. The van der Waals surface area contributed by atoms with E-state index in [0.717, 1.165) is 44.9 Å².